The van der Waals surface area contributed by atoms with E-state index in [2.05, 4.69) is 38.1 Å². The van der Waals surface area contributed by atoms with Gasteiger partial charge in [-0.25, -0.2) is 14.6 Å². The molecule has 2 aromatic heterocycles. The van der Waals surface area contributed by atoms with Crippen LogP contribution in [0.25, 0.3) is 0 Å². The molecule has 19 heavy (non-hydrogen) atoms. The smallest absolute Gasteiger partial charge is 0.220 e. The molecule has 0 saturated carbocycles. The third-order valence-electron chi connectivity index (χ3n) is 2.44. The molecular weight excluding hydrogens is 282 g/mol. The Morgan fingerprint density at radius 3 is 2.89 bits per heavy atom. The molecule has 0 bridgehead atoms. The molecule has 2 rings (SSSR count). The third kappa shape index (κ3) is 3.80. The quantitative estimate of drug-likeness (QED) is 0.629. The second-order valence-corrected chi connectivity index (χ2v) is 5.72. The van der Waals surface area contributed by atoms with Gasteiger partial charge in [0.05, 0.1) is 5.69 Å². The van der Waals surface area contributed by atoms with Gasteiger partial charge in [-0.3, -0.25) is 0 Å². The molecule has 2 aromatic rings. The van der Waals surface area contributed by atoms with Gasteiger partial charge in [-0.1, -0.05) is 11.8 Å². The molecule has 0 aliphatic heterocycles. The zero-order valence-electron chi connectivity index (χ0n) is 10.7. The summed E-state index contributed by atoms with van der Waals surface area (Å²) < 4.78 is 1.64. The van der Waals surface area contributed by atoms with Gasteiger partial charge in [-0.05, 0) is 29.8 Å². The maximum absolute atomic E-state index is 5.63. The van der Waals surface area contributed by atoms with E-state index in [0.717, 1.165) is 28.7 Å². The number of thiol groups is 1. The average molecular weight is 297 g/mol. The van der Waals surface area contributed by atoms with E-state index in [0.29, 0.717) is 5.95 Å². The first-order chi connectivity index (χ1) is 9.06. The third-order valence-corrected chi connectivity index (χ3v) is 4.00. The fourth-order valence-electron chi connectivity index (χ4n) is 1.54. The summed E-state index contributed by atoms with van der Waals surface area (Å²) in [6.07, 6.45) is 0.844. The highest BCUT2D eigenvalue weighted by Gasteiger charge is 2.11. The van der Waals surface area contributed by atoms with Crippen LogP contribution < -0.4 is 5.73 Å². The van der Waals surface area contributed by atoms with Gasteiger partial charge in [0.25, 0.3) is 0 Å². The number of tetrazole rings is 1. The summed E-state index contributed by atoms with van der Waals surface area (Å²) in [6.45, 7) is 1.89. The van der Waals surface area contributed by atoms with Crippen LogP contribution in [0.1, 0.15) is 23.1 Å². The largest absolute Gasteiger partial charge is 0.368 e. The molecule has 0 fully saturated rings. The van der Waals surface area contributed by atoms with Crippen molar-refractivity contribution in [3.05, 3.63) is 17.5 Å². The molecule has 0 aliphatic rings. The first kappa shape index (κ1) is 14.1. The van der Waals surface area contributed by atoms with Crippen LogP contribution in [0.15, 0.2) is 11.2 Å². The van der Waals surface area contributed by atoms with E-state index in [-0.39, 0.29) is 5.25 Å². The molecule has 0 amide bonds. The summed E-state index contributed by atoms with van der Waals surface area (Å²) in [4.78, 5) is 8.25. The van der Waals surface area contributed by atoms with Crippen molar-refractivity contribution in [1.82, 2.24) is 30.2 Å². The van der Waals surface area contributed by atoms with Crippen molar-refractivity contribution in [2.24, 2.45) is 7.05 Å². The molecule has 2 N–H and O–H groups in total. The highest BCUT2D eigenvalue weighted by Crippen LogP contribution is 2.26. The Balaban J connectivity index is 1.90. The molecule has 7 nitrogen and oxygen atoms in total. The Morgan fingerprint density at radius 2 is 2.26 bits per heavy atom. The number of aryl methyl sites for hydroxylation is 2. The number of nitrogen functional groups attached to an aromatic ring is 1. The van der Waals surface area contributed by atoms with Gasteiger partial charge in [-0.2, -0.15) is 12.6 Å². The number of aromatic nitrogens is 6. The Labute approximate surface area is 120 Å². The van der Waals surface area contributed by atoms with E-state index in [1.54, 1.807) is 16.4 Å². The Bertz CT molecular complexity index is 536. The van der Waals surface area contributed by atoms with Crippen LogP contribution in [0.2, 0.25) is 0 Å². The monoisotopic (exact) mass is 297 g/mol. The van der Waals surface area contributed by atoms with Crippen molar-refractivity contribution in [1.29, 1.82) is 0 Å². The first-order valence-corrected chi connectivity index (χ1v) is 7.20. The SMILES string of the molecule is Cc1cc(C(S)CCSc2nnnn2C)nc(N)n1. The normalized spacial score (nSPS) is 12.6. The highest BCUT2D eigenvalue weighted by molar-refractivity contribution is 7.99. The van der Waals surface area contributed by atoms with E-state index < -0.39 is 0 Å². The molecule has 9 heteroatoms. The molecular formula is C10H15N7S2. The zero-order chi connectivity index (χ0) is 13.8. The summed E-state index contributed by atoms with van der Waals surface area (Å²) in [7, 11) is 1.81. The van der Waals surface area contributed by atoms with Crippen molar-refractivity contribution in [3.8, 4) is 0 Å². The minimum absolute atomic E-state index is 0.0256. The van der Waals surface area contributed by atoms with E-state index in [4.69, 9.17) is 5.73 Å². The fourth-order valence-corrected chi connectivity index (χ4v) is 2.83. The van der Waals surface area contributed by atoms with E-state index in [1.807, 2.05) is 20.0 Å². The van der Waals surface area contributed by atoms with Crippen LogP contribution in [0.5, 0.6) is 0 Å². The van der Waals surface area contributed by atoms with Crippen molar-refractivity contribution in [2.75, 3.05) is 11.5 Å². The first-order valence-electron chi connectivity index (χ1n) is 5.70. The zero-order valence-corrected chi connectivity index (χ0v) is 12.4. The lowest BCUT2D eigenvalue weighted by Crippen LogP contribution is -2.04. The van der Waals surface area contributed by atoms with E-state index in [9.17, 15) is 0 Å². The van der Waals surface area contributed by atoms with E-state index >= 15 is 0 Å². The molecule has 0 aromatic carbocycles. The number of rotatable bonds is 5. The molecule has 1 atom stereocenters. The van der Waals surface area contributed by atoms with Gasteiger partial charge < -0.3 is 5.73 Å². The van der Waals surface area contributed by atoms with Crippen LogP contribution in [0.4, 0.5) is 5.95 Å². The van der Waals surface area contributed by atoms with Gasteiger partial charge in [-0.15, -0.1) is 5.10 Å². The molecule has 2 heterocycles. The molecule has 0 spiro atoms. The lowest BCUT2D eigenvalue weighted by atomic mass is 10.2. The average Bonchev–Trinajstić information content (AvgIpc) is 2.74. The summed E-state index contributed by atoms with van der Waals surface area (Å²) in [5, 5.41) is 12.1. The summed E-state index contributed by atoms with van der Waals surface area (Å²) in [6, 6.07) is 1.91. The lowest BCUT2D eigenvalue weighted by molar-refractivity contribution is 0.664. The number of hydrogen-bond acceptors (Lipinski definition) is 8. The number of nitrogens with zero attached hydrogens (tertiary/aromatic N) is 6. The predicted molar refractivity (Wildman–Crippen MR) is 77.0 cm³/mol. The van der Waals surface area contributed by atoms with Gasteiger partial charge in [0.2, 0.25) is 11.1 Å². The van der Waals surface area contributed by atoms with E-state index in [1.165, 1.54) is 0 Å². The molecule has 0 radical (unpaired) electrons. The Morgan fingerprint density at radius 1 is 1.47 bits per heavy atom. The second-order valence-electron chi connectivity index (χ2n) is 4.03. The minimum atomic E-state index is 0.0256. The van der Waals surface area contributed by atoms with Crippen molar-refractivity contribution >= 4 is 30.3 Å². The number of hydrogen-bond donors (Lipinski definition) is 2. The van der Waals surface area contributed by atoms with Crippen molar-refractivity contribution in [3.63, 3.8) is 0 Å². The highest BCUT2D eigenvalue weighted by atomic mass is 32.2. The molecule has 0 aliphatic carbocycles. The van der Waals surface area contributed by atoms with Crippen LogP contribution in [-0.2, 0) is 7.05 Å². The van der Waals surface area contributed by atoms with Crippen molar-refractivity contribution < 1.29 is 0 Å². The standard InChI is InChI=1S/C10H15N7S2/c1-6-5-7(13-9(11)12-6)8(18)3-4-19-10-14-15-16-17(10)2/h5,8,18H,3-4H2,1-2H3,(H2,11,12,13). The second kappa shape index (κ2) is 6.20. The van der Waals surface area contributed by atoms with Crippen LogP contribution >= 0.6 is 24.4 Å². The fraction of sp³-hybridized carbons (Fsp3) is 0.500. The summed E-state index contributed by atoms with van der Waals surface area (Å²) in [5.41, 5.74) is 7.34. The van der Waals surface area contributed by atoms with Gasteiger partial charge in [0.15, 0.2) is 0 Å². The van der Waals surface area contributed by atoms with Gasteiger partial charge in [0.1, 0.15) is 0 Å². The molecule has 1 unspecified atom stereocenters. The van der Waals surface area contributed by atoms with Gasteiger partial charge >= 0.3 is 0 Å². The molecule has 102 valence electrons. The maximum Gasteiger partial charge on any atom is 0.220 e. The topological polar surface area (TPSA) is 95.4 Å². The van der Waals surface area contributed by atoms with Gasteiger partial charge in [0, 0.05) is 23.7 Å². The number of anilines is 1. The van der Waals surface area contributed by atoms with Crippen LogP contribution in [0, 0.1) is 6.92 Å². The Kier molecular flexibility index (Phi) is 4.59. The molecule has 0 saturated heterocycles. The summed E-state index contributed by atoms with van der Waals surface area (Å²) in [5.74, 6) is 1.14. The number of thioether (sulfide) groups is 1. The predicted octanol–water partition coefficient (Wildman–Crippen LogP) is 1.04. The Hall–Kier alpha value is -1.35. The maximum atomic E-state index is 5.63. The number of nitrogens with two attached hydrogens (primary N) is 1. The van der Waals surface area contributed by atoms with Crippen LogP contribution in [0.3, 0.4) is 0 Å². The summed E-state index contributed by atoms with van der Waals surface area (Å²) >= 11 is 6.14. The van der Waals surface area contributed by atoms with Crippen LogP contribution in [-0.4, -0.2) is 35.9 Å². The minimum Gasteiger partial charge on any atom is -0.368 e. The van der Waals surface area contributed by atoms with Crippen molar-refractivity contribution in [2.45, 2.75) is 23.8 Å². The lowest BCUT2D eigenvalue weighted by Gasteiger charge is -2.10.